The van der Waals surface area contributed by atoms with Crippen LogP contribution in [-0.2, 0) is 0 Å². The van der Waals surface area contributed by atoms with Crippen LogP contribution in [0, 0.1) is 0 Å². The van der Waals surface area contributed by atoms with Gasteiger partial charge in [-0.3, -0.25) is 10.3 Å². The van der Waals surface area contributed by atoms with Gasteiger partial charge in [-0.1, -0.05) is 0 Å². The first-order valence-corrected chi connectivity index (χ1v) is 7.96. The molecule has 0 bridgehead atoms. The smallest absolute Gasteiger partial charge is 0.242 e. The van der Waals surface area contributed by atoms with Crippen molar-refractivity contribution in [2.45, 2.75) is 65.3 Å². The molecule has 0 spiro atoms. The summed E-state index contributed by atoms with van der Waals surface area (Å²) in [5.41, 5.74) is 0. The Bertz CT molecular complexity index is 234. The maximum Gasteiger partial charge on any atom is 0.242 e. The van der Waals surface area contributed by atoms with Gasteiger partial charge in [0.25, 0.3) is 0 Å². The summed E-state index contributed by atoms with van der Waals surface area (Å²) in [5, 5.41) is 3.66. The number of hydrogen-bond acceptors (Lipinski definition) is 1. The highest BCUT2D eigenvalue weighted by Gasteiger charge is 2.14. The monoisotopic (exact) mass is 255 g/mol. The van der Waals surface area contributed by atoms with Crippen molar-refractivity contribution in [1.82, 2.24) is 5.32 Å². The zero-order valence-corrected chi connectivity index (χ0v) is 12.6. The van der Waals surface area contributed by atoms with Crippen molar-refractivity contribution in [3.63, 3.8) is 0 Å². The highest BCUT2D eigenvalue weighted by Crippen LogP contribution is 2.01. The van der Waals surface area contributed by atoms with Crippen LogP contribution >= 0.6 is 0 Å². The lowest BCUT2D eigenvalue weighted by molar-refractivity contribution is -0.896. The van der Waals surface area contributed by atoms with E-state index in [9.17, 15) is 0 Å². The maximum atomic E-state index is 3.66. The van der Waals surface area contributed by atoms with E-state index in [2.05, 4.69) is 31.1 Å². The summed E-state index contributed by atoms with van der Waals surface area (Å²) in [6.45, 7) is 11.9. The SMILES string of the molecule is CC[NH+](CC)CCC[C@@H](C)NC1=[NH+]CCCCC1. The van der Waals surface area contributed by atoms with Gasteiger partial charge in [0.2, 0.25) is 5.84 Å². The Labute approximate surface area is 113 Å². The predicted octanol–water partition coefficient (Wildman–Crippen LogP) is -0.277. The summed E-state index contributed by atoms with van der Waals surface area (Å²) >= 11 is 0. The van der Waals surface area contributed by atoms with Gasteiger partial charge in [0.15, 0.2) is 0 Å². The Morgan fingerprint density at radius 2 is 2.00 bits per heavy atom. The number of nitrogens with one attached hydrogen (secondary N) is 3. The standard InChI is InChI=1S/C15H31N3/c1-4-18(5-2)13-9-10-14(3)17-15-11-7-6-8-12-16-15/h14H,4-13H2,1-3H3,(H,16,17)/p+2/t14-/m1/s1. The van der Waals surface area contributed by atoms with Gasteiger partial charge in [-0.15, -0.1) is 0 Å². The number of quaternary nitrogens is 1. The van der Waals surface area contributed by atoms with Gasteiger partial charge in [0.1, 0.15) is 0 Å². The molecule has 0 aliphatic carbocycles. The second-order valence-corrected chi connectivity index (χ2v) is 5.61. The zero-order chi connectivity index (χ0) is 13.2. The van der Waals surface area contributed by atoms with Crippen molar-refractivity contribution >= 4 is 5.84 Å². The van der Waals surface area contributed by atoms with Crippen molar-refractivity contribution in [2.75, 3.05) is 26.2 Å². The second kappa shape index (κ2) is 9.37. The molecule has 0 fully saturated rings. The molecule has 0 aromatic heterocycles. The Morgan fingerprint density at radius 3 is 2.72 bits per heavy atom. The first kappa shape index (κ1) is 15.5. The topological polar surface area (TPSA) is 30.4 Å². The normalized spacial score (nSPS) is 18.3. The fourth-order valence-electron chi connectivity index (χ4n) is 2.69. The first-order valence-electron chi connectivity index (χ1n) is 7.96. The predicted molar refractivity (Wildman–Crippen MR) is 78.0 cm³/mol. The zero-order valence-electron chi connectivity index (χ0n) is 12.6. The summed E-state index contributed by atoms with van der Waals surface area (Å²) in [4.78, 5) is 5.26. The van der Waals surface area contributed by atoms with Crippen LogP contribution in [-0.4, -0.2) is 38.1 Å². The van der Waals surface area contributed by atoms with Crippen molar-refractivity contribution in [3.8, 4) is 0 Å². The van der Waals surface area contributed by atoms with Crippen LogP contribution in [0.2, 0.25) is 0 Å². The molecule has 1 aliphatic heterocycles. The molecule has 3 nitrogen and oxygen atoms in total. The van der Waals surface area contributed by atoms with Crippen LogP contribution in [0.1, 0.15) is 59.3 Å². The van der Waals surface area contributed by atoms with E-state index in [0.29, 0.717) is 6.04 Å². The largest absolute Gasteiger partial charge is 0.335 e. The minimum absolute atomic E-state index is 0.612. The molecule has 0 radical (unpaired) electrons. The molecule has 3 heteroatoms. The van der Waals surface area contributed by atoms with Gasteiger partial charge < -0.3 is 4.90 Å². The van der Waals surface area contributed by atoms with Crippen LogP contribution in [0.25, 0.3) is 0 Å². The summed E-state index contributed by atoms with van der Waals surface area (Å²) < 4.78 is 0. The Hall–Kier alpha value is -0.570. The second-order valence-electron chi connectivity index (χ2n) is 5.61. The molecule has 1 heterocycles. The Kier molecular flexibility index (Phi) is 8.06. The van der Waals surface area contributed by atoms with Crippen LogP contribution < -0.4 is 15.2 Å². The molecule has 0 saturated carbocycles. The van der Waals surface area contributed by atoms with Gasteiger partial charge >= 0.3 is 0 Å². The maximum absolute atomic E-state index is 3.66. The summed E-state index contributed by atoms with van der Waals surface area (Å²) in [7, 11) is 0. The molecule has 18 heavy (non-hydrogen) atoms. The van der Waals surface area contributed by atoms with Gasteiger partial charge in [0, 0.05) is 12.8 Å². The quantitative estimate of drug-likeness (QED) is 0.574. The summed E-state index contributed by atoms with van der Waals surface area (Å²) in [6.07, 6.45) is 7.87. The number of rotatable bonds is 7. The van der Waals surface area contributed by atoms with Crippen molar-refractivity contribution in [2.24, 2.45) is 0 Å². The van der Waals surface area contributed by atoms with Gasteiger partial charge in [-0.2, -0.15) is 0 Å². The van der Waals surface area contributed by atoms with E-state index in [1.54, 1.807) is 4.90 Å². The number of amidine groups is 1. The first-order chi connectivity index (χ1) is 8.76. The van der Waals surface area contributed by atoms with E-state index in [1.807, 2.05) is 0 Å². The van der Waals surface area contributed by atoms with E-state index in [4.69, 9.17) is 0 Å². The van der Waals surface area contributed by atoms with Gasteiger partial charge in [-0.05, 0) is 46.5 Å². The average Bonchev–Trinajstić information content (AvgIpc) is 2.63. The van der Waals surface area contributed by atoms with Crippen molar-refractivity contribution in [1.29, 1.82) is 0 Å². The summed E-state index contributed by atoms with van der Waals surface area (Å²) in [6, 6.07) is 0.612. The molecule has 0 aromatic rings. The Balaban J connectivity index is 2.16. The third kappa shape index (κ3) is 6.39. The molecule has 0 saturated heterocycles. The molecule has 0 unspecified atom stereocenters. The Morgan fingerprint density at radius 1 is 1.22 bits per heavy atom. The van der Waals surface area contributed by atoms with E-state index in [1.165, 1.54) is 64.0 Å². The lowest BCUT2D eigenvalue weighted by Gasteiger charge is -2.16. The van der Waals surface area contributed by atoms with Gasteiger partial charge in [-0.25, -0.2) is 0 Å². The average molecular weight is 255 g/mol. The lowest BCUT2D eigenvalue weighted by atomic mass is 10.1. The van der Waals surface area contributed by atoms with Crippen LogP contribution in [0.4, 0.5) is 0 Å². The lowest BCUT2D eigenvalue weighted by Crippen LogP contribution is -3.11. The van der Waals surface area contributed by atoms with E-state index in [0.717, 1.165) is 6.54 Å². The van der Waals surface area contributed by atoms with Crippen molar-refractivity contribution < 1.29 is 9.89 Å². The molecular formula is C15H33N3+2. The molecule has 1 atom stereocenters. The minimum atomic E-state index is 0.612. The molecule has 1 rings (SSSR count). The molecule has 0 aromatic carbocycles. The van der Waals surface area contributed by atoms with E-state index < -0.39 is 0 Å². The summed E-state index contributed by atoms with van der Waals surface area (Å²) in [5.74, 6) is 1.38. The van der Waals surface area contributed by atoms with Gasteiger partial charge in [0.05, 0.1) is 32.2 Å². The highest BCUT2D eigenvalue weighted by molar-refractivity contribution is 5.76. The third-order valence-corrected chi connectivity index (χ3v) is 4.03. The van der Waals surface area contributed by atoms with E-state index >= 15 is 0 Å². The van der Waals surface area contributed by atoms with Crippen LogP contribution in [0.3, 0.4) is 0 Å². The molecule has 106 valence electrons. The van der Waals surface area contributed by atoms with E-state index in [-0.39, 0.29) is 0 Å². The highest BCUT2D eigenvalue weighted by atomic mass is 15.1. The molecule has 3 N–H and O–H groups in total. The number of hydrogen-bond donors (Lipinski definition) is 3. The fraction of sp³-hybridized carbons (Fsp3) is 0.933. The minimum Gasteiger partial charge on any atom is -0.335 e. The van der Waals surface area contributed by atoms with Crippen LogP contribution in [0.15, 0.2) is 0 Å². The molecule has 0 amide bonds. The fourth-order valence-corrected chi connectivity index (χ4v) is 2.69. The molecular weight excluding hydrogens is 222 g/mol. The third-order valence-electron chi connectivity index (χ3n) is 4.03. The van der Waals surface area contributed by atoms with Crippen molar-refractivity contribution in [3.05, 3.63) is 0 Å². The van der Waals surface area contributed by atoms with Crippen LogP contribution in [0.5, 0.6) is 0 Å². The molecule has 1 aliphatic rings.